The molecule has 0 aliphatic carbocycles. The van der Waals surface area contributed by atoms with Gasteiger partial charge in [-0.25, -0.2) is 9.97 Å². The van der Waals surface area contributed by atoms with Crippen LogP contribution in [0.25, 0.3) is 11.1 Å². The van der Waals surface area contributed by atoms with Gasteiger partial charge in [0.05, 0.1) is 5.54 Å². The molecule has 0 aliphatic heterocycles. The third-order valence-electron chi connectivity index (χ3n) is 4.60. The Labute approximate surface area is 168 Å². The molecule has 0 atom stereocenters. The second-order valence-corrected chi connectivity index (χ2v) is 9.44. The van der Waals surface area contributed by atoms with Crippen molar-refractivity contribution in [2.45, 2.75) is 24.3 Å². The van der Waals surface area contributed by atoms with Gasteiger partial charge in [-0.3, -0.25) is 4.79 Å². The molecule has 144 valence electrons. The number of aromatic nitrogens is 2. The minimum absolute atomic E-state index is 0.248. The van der Waals surface area contributed by atoms with Crippen LogP contribution in [0.2, 0.25) is 0 Å². The molecule has 3 aromatic rings. The van der Waals surface area contributed by atoms with Crippen molar-refractivity contribution in [3.63, 3.8) is 0 Å². The summed E-state index contributed by atoms with van der Waals surface area (Å²) >= 11 is 0. The van der Waals surface area contributed by atoms with E-state index in [1.807, 2.05) is 6.07 Å². The van der Waals surface area contributed by atoms with E-state index in [-0.39, 0.29) is 16.4 Å². The van der Waals surface area contributed by atoms with Crippen molar-refractivity contribution >= 4 is 22.8 Å². The van der Waals surface area contributed by atoms with Gasteiger partial charge in [0.2, 0.25) is 11.9 Å². The monoisotopic (exact) mass is 393 g/mol. The van der Waals surface area contributed by atoms with Crippen LogP contribution in [0.15, 0.2) is 65.8 Å². The topological polar surface area (TPSA) is 80.9 Å². The van der Waals surface area contributed by atoms with Gasteiger partial charge in [-0.1, -0.05) is 24.3 Å². The van der Waals surface area contributed by atoms with Gasteiger partial charge < -0.3 is 11.1 Å². The summed E-state index contributed by atoms with van der Waals surface area (Å²) in [6, 6.07) is 15.8. The predicted octanol–water partition coefficient (Wildman–Crippen LogP) is 3.83. The zero-order valence-corrected chi connectivity index (χ0v) is 17.4. The van der Waals surface area contributed by atoms with Crippen LogP contribution in [0, 0.1) is 0 Å². The van der Waals surface area contributed by atoms with Crippen LogP contribution in [-0.2, 0) is 16.4 Å². The lowest BCUT2D eigenvalue weighted by Gasteiger charge is -2.27. The molecule has 2 aromatic carbocycles. The highest BCUT2D eigenvalue weighted by molar-refractivity contribution is 7.95. The molecule has 28 heavy (non-hydrogen) atoms. The number of nitrogens with zero attached hydrogens (tertiary/aromatic N) is 2. The molecule has 3 rings (SSSR count). The Hall–Kier alpha value is -2.86. The van der Waals surface area contributed by atoms with Crippen LogP contribution >= 0.6 is 0 Å². The molecule has 3 N–H and O–H groups in total. The van der Waals surface area contributed by atoms with Crippen molar-refractivity contribution in [1.82, 2.24) is 9.97 Å². The Kier molecular flexibility index (Phi) is 5.70. The Morgan fingerprint density at radius 3 is 2.21 bits per heavy atom. The number of nitrogens with one attached hydrogen (secondary N) is 1. The van der Waals surface area contributed by atoms with Crippen molar-refractivity contribution in [3.8, 4) is 11.1 Å². The normalized spacial score (nSPS) is 11.5. The van der Waals surface area contributed by atoms with Crippen molar-refractivity contribution in [1.29, 1.82) is 0 Å². The van der Waals surface area contributed by atoms with E-state index < -0.39 is 5.91 Å². The predicted molar refractivity (Wildman–Crippen MR) is 117 cm³/mol. The van der Waals surface area contributed by atoms with E-state index in [1.165, 1.54) is 10.5 Å². The zero-order valence-electron chi connectivity index (χ0n) is 16.6. The summed E-state index contributed by atoms with van der Waals surface area (Å²) < 4.78 is 0. The lowest BCUT2D eigenvalue weighted by molar-refractivity contribution is 0.100. The summed E-state index contributed by atoms with van der Waals surface area (Å²) in [5, 5.41) is 3.40. The number of hydrogen-bond donors (Lipinski definition) is 2. The van der Waals surface area contributed by atoms with Gasteiger partial charge in [0.25, 0.3) is 0 Å². The van der Waals surface area contributed by atoms with Crippen LogP contribution in [0.1, 0.15) is 29.8 Å². The van der Waals surface area contributed by atoms with Crippen LogP contribution < -0.4 is 11.1 Å². The van der Waals surface area contributed by atoms with Crippen LogP contribution in [0.5, 0.6) is 0 Å². The van der Waals surface area contributed by atoms with E-state index >= 15 is 0 Å². The molecule has 0 aliphatic rings. The van der Waals surface area contributed by atoms with Crippen molar-refractivity contribution in [2.75, 3.05) is 17.8 Å². The Morgan fingerprint density at radius 2 is 1.64 bits per heavy atom. The lowest BCUT2D eigenvalue weighted by Crippen LogP contribution is -2.29. The quantitative estimate of drug-likeness (QED) is 0.624. The summed E-state index contributed by atoms with van der Waals surface area (Å²) in [6.45, 7) is 4.21. The molecule has 0 saturated heterocycles. The summed E-state index contributed by atoms with van der Waals surface area (Å²) in [5.41, 5.74) is 8.36. The largest absolute Gasteiger partial charge is 0.366 e. The molecule has 5 nitrogen and oxygen atoms in total. The molecule has 0 bridgehead atoms. The van der Waals surface area contributed by atoms with E-state index in [1.54, 1.807) is 30.6 Å². The van der Waals surface area contributed by atoms with Gasteiger partial charge >= 0.3 is 0 Å². The highest BCUT2D eigenvalue weighted by atomic mass is 32.2. The van der Waals surface area contributed by atoms with Gasteiger partial charge in [0, 0.05) is 34.4 Å². The number of hydrogen-bond acceptors (Lipinski definition) is 4. The standard InChI is InChI=1S/C22H24N4OS/c1-22(2,18-8-10-19(11-9-18)28(3)4)26-21-24-13-17(14-25-21)15-6-5-7-16(12-15)20(23)27/h5-14H,1-4H3,(H2-,23,24,25,26,27)/p+1. The number of amides is 1. The van der Waals surface area contributed by atoms with Crippen molar-refractivity contribution < 1.29 is 4.79 Å². The van der Waals surface area contributed by atoms with Crippen LogP contribution in [0.3, 0.4) is 0 Å². The SMILES string of the molecule is C[S+](C)c1ccc(C(C)(C)Nc2ncc(-c3cccc(C(N)=O)c3)cn2)cc1. The van der Waals surface area contributed by atoms with E-state index in [4.69, 9.17) is 5.73 Å². The Bertz CT molecular complexity index is 967. The minimum Gasteiger partial charge on any atom is -0.366 e. The third-order valence-corrected chi connectivity index (χ3v) is 5.82. The van der Waals surface area contributed by atoms with Crippen LogP contribution in [-0.4, -0.2) is 28.4 Å². The maximum atomic E-state index is 11.4. The first-order chi connectivity index (χ1) is 13.3. The first kappa shape index (κ1) is 19.9. The molecule has 0 unspecified atom stereocenters. The fraction of sp³-hybridized carbons (Fsp3) is 0.227. The lowest BCUT2D eigenvalue weighted by atomic mass is 9.94. The fourth-order valence-electron chi connectivity index (χ4n) is 2.89. The first-order valence-electron chi connectivity index (χ1n) is 8.95. The van der Waals surface area contributed by atoms with Gasteiger partial charge in [0.1, 0.15) is 12.5 Å². The molecule has 0 radical (unpaired) electrons. The number of benzene rings is 2. The molecule has 1 heterocycles. The number of primary amides is 1. The molecule has 0 fully saturated rings. The van der Waals surface area contributed by atoms with Gasteiger partial charge in [-0.05, 0) is 49.2 Å². The average molecular weight is 394 g/mol. The summed E-state index contributed by atoms with van der Waals surface area (Å²) in [4.78, 5) is 21.6. The summed E-state index contributed by atoms with van der Waals surface area (Å²) in [7, 11) is 0.248. The maximum absolute atomic E-state index is 11.4. The molecule has 0 saturated carbocycles. The van der Waals surface area contributed by atoms with Crippen molar-refractivity contribution in [2.24, 2.45) is 5.73 Å². The van der Waals surface area contributed by atoms with E-state index in [2.05, 4.69) is 65.9 Å². The molecule has 0 spiro atoms. The zero-order chi connectivity index (χ0) is 20.3. The van der Waals surface area contributed by atoms with Gasteiger partial charge in [-0.2, -0.15) is 0 Å². The fourth-order valence-corrected chi connectivity index (χ4v) is 3.57. The Morgan fingerprint density at radius 1 is 1.00 bits per heavy atom. The molecule has 1 aromatic heterocycles. The second-order valence-electron chi connectivity index (χ2n) is 7.33. The average Bonchev–Trinajstić information content (AvgIpc) is 2.68. The van der Waals surface area contributed by atoms with Crippen LogP contribution in [0.4, 0.5) is 5.95 Å². The smallest absolute Gasteiger partial charge is 0.248 e. The minimum atomic E-state index is -0.452. The van der Waals surface area contributed by atoms with E-state index in [9.17, 15) is 4.79 Å². The Balaban J connectivity index is 1.78. The molecule has 6 heteroatoms. The second kappa shape index (κ2) is 8.02. The highest BCUT2D eigenvalue weighted by Gasteiger charge is 2.22. The third kappa shape index (κ3) is 4.51. The van der Waals surface area contributed by atoms with Gasteiger partial charge in [-0.15, -0.1) is 0 Å². The molecular formula is C22H25N4OS+. The van der Waals surface area contributed by atoms with E-state index in [0.717, 1.165) is 11.1 Å². The van der Waals surface area contributed by atoms with Crippen molar-refractivity contribution in [3.05, 3.63) is 72.1 Å². The summed E-state index contributed by atoms with van der Waals surface area (Å²) in [5.74, 6) is 0.0986. The van der Waals surface area contributed by atoms with E-state index in [0.29, 0.717) is 11.5 Å². The first-order valence-corrected chi connectivity index (χ1v) is 11.0. The molecule has 1 amide bonds. The number of nitrogens with two attached hydrogens (primary N) is 1. The maximum Gasteiger partial charge on any atom is 0.248 e. The number of rotatable bonds is 6. The highest BCUT2D eigenvalue weighted by Crippen LogP contribution is 2.26. The molecular weight excluding hydrogens is 368 g/mol. The van der Waals surface area contributed by atoms with Gasteiger partial charge in [0.15, 0.2) is 4.90 Å². The number of anilines is 1. The number of carbonyl (C=O) groups excluding carboxylic acids is 1. The summed E-state index contributed by atoms with van der Waals surface area (Å²) in [6.07, 6.45) is 7.92. The number of carbonyl (C=O) groups is 1.